The molecule has 2 aromatic rings. The van der Waals surface area contributed by atoms with Gasteiger partial charge in [-0.25, -0.2) is 0 Å². The molecular weight excluding hydrogens is 270 g/mol. The predicted octanol–water partition coefficient (Wildman–Crippen LogP) is 3.60. The number of ether oxygens (including phenoxy) is 1. The van der Waals surface area contributed by atoms with Gasteiger partial charge in [-0.3, -0.25) is 14.9 Å². The number of nitro groups is 1. The van der Waals surface area contributed by atoms with Gasteiger partial charge in [0.1, 0.15) is 12.4 Å². The lowest BCUT2D eigenvalue weighted by atomic mass is 10.1. The Hall–Kier alpha value is -2.69. The molecule has 0 aromatic heterocycles. The second-order valence-corrected chi connectivity index (χ2v) is 4.77. The molecule has 5 heteroatoms. The number of carbonyl (C=O) groups is 1. The maximum Gasteiger partial charge on any atom is 0.272 e. The van der Waals surface area contributed by atoms with E-state index in [9.17, 15) is 14.9 Å². The number of aryl methyl sites for hydroxylation is 1. The fourth-order valence-electron chi connectivity index (χ4n) is 2.07. The first-order valence-electron chi connectivity index (χ1n) is 6.44. The van der Waals surface area contributed by atoms with Crippen LogP contribution in [0.25, 0.3) is 0 Å². The minimum Gasteiger partial charge on any atom is -0.488 e. The van der Waals surface area contributed by atoms with Crippen molar-refractivity contribution in [2.45, 2.75) is 20.5 Å². The summed E-state index contributed by atoms with van der Waals surface area (Å²) in [6.45, 7) is 3.76. The van der Waals surface area contributed by atoms with Crippen LogP contribution in [0.15, 0.2) is 36.4 Å². The van der Waals surface area contributed by atoms with Crippen molar-refractivity contribution >= 4 is 12.0 Å². The van der Waals surface area contributed by atoms with Crippen molar-refractivity contribution in [1.82, 2.24) is 0 Å². The molecule has 0 saturated carbocycles. The molecule has 2 rings (SSSR count). The van der Waals surface area contributed by atoms with E-state index in [1.54, 1.807) is 31.2 Å². The summed E-state index contributed by atoms with van der Waals surface area (Å²) in [4.78, 5) is 21.5. The number of benzene rings is 2. The SMILES string of the molecule is Cc1ccc(OCc2cccc([N+](=O)[O-])c2C)c(C=O)c1. The Morgan fingerprint density at radius 3 is 2.67 bits per heavy atom. The highest BCUT2D eigenvalue weighted by atomic mass is 16.6. The fraction of sp³-hybridized carbons (Fsp3) is 0.188. The molecule has 0 bridgehead atoms. The van der Waals surface area contributed by atoms with Crippen molar-refractivity contribution in [3.63, 3.8) is 0 Å². The van der Waals surface area contributed by atoms with Gasteiger partial charge >= 0.3 is 0 Å². The first-order valence-corrected chi connectivity index (χ1v) is 6.44. The van der Waals surface area contributed by atoms with E-state index in [4.69, 9.17) is 4.74 Å². The third kappa shape index (κ3) is 3.25. The number of hydrogen-bond donors (Lipinski definition) is 0. The Morgan fingerprint density at radius 2 is 2.00 bits per heavy atom. The minimum atomic E-state index is -0.415. The molecule has 0 aliphatic heterocycles. The quantitative estimate of drug-likeness (QED) is 0.478. The summed E-state index contributed by atoms with van der Waals surface area (Å²) < 4.78 is 5.63. The molecule has 0 heterocycles. The van der Waals surface area contributed by atoms with Crippen molar-refractivity contribution in [2.75, 3.05) is 0 Å². The molecule has 0 N–H and O–H groups in total. The van der Waals surface area contributed by atoms with Gasteiger partial charge < -0.3 is 4.74 Å². The number of rotatable bonds is 5. The van der Waals surface area contributed by atoms with Crippen LogP contribution in [-0.4, -0.2) is 11.2 Å². The Kier molecular flexibility index (Phi) is 4.33. The lowest BCUT2D eigenvalue weighted by molar-refractivity contribution is -0.385. The summed E-state index contributed by atoms with van der Waals surface area (Å²) in [5.74, 6) is 0.474. The maximum atomic E-state index is 11.0. The van der Waals surface area contributed by atoms with Crippen molar-refractivity contribution in [2.24, 2.45) is 0 Å². The fourth-order valence-corrected chi connectivity index (χ4v) is 2.07. The zero-order valence-electron chi connectivity index (χ0n) is 11.8. The van der Waals surface area contributed by atoms with Crippen LogP contribution in [0.3, 0.4) is 0 Å². The first-order chi connectivity index (χ1) is 10.0. The molecule has 0 aliphatic carbocycles. The van der Waals surface area contributed by atoms with Crippen LogP contribution < -0.4 is 4.74 Å². The normalized spacial score (nSPS) is 10.2. The van der Waals surface area contributed by atoms with Crippen LogP contribution in [0.1, 0.15) is 27.0 Å². The summed E-state index contributed by atoms with van der Waals surface area (Å²) in [6, 6.07) is 10.2. The average molecular weight is 285 g/mol. The Balaban J connectivity index is 2.23. The van der Waals surface area contributed by atoms with E-state index >= 15 is 0 Å². The minimum absolute atomic E-state index is 0.0654. The van der Waals surface area contributed by atoms with E-state index in [0.29, 0.717) is 16.9 Å². The molecule has 0 amide bonds. The lowest BCUT2D eigenvalue weighted by Gasteiger charge is -2.11. The van der Waals surface area contributed by atoms with E-state index in [-0.39, 0.29) is 12.3 Å². The number of nitro benzene ring substituents is 1. The molecule has 108 valence electrons. The standard InChI is InChI=1S/C16H15NO4/c1-11-6-7-16(14(8-11)9-18)21-10-13-4-3-5-15(12(13)2)17(19)20/h3-9H,10H2,1-2H3. The number of aldehydes is 1. The Morgan fingerprint density at radius 1 is 1.24 bits per heavy atom. The largest absolute Gasteiger partial charge is 0.488 e. The average Bonchev–Trinajstić information content (AvgIpc) is 2.46. The predicted molar refractivity (Wildman–Crippen MR) is 78.7 cm³/mol. The zero-order valence-corrected chi connectivity index (χ0v) is 11.8. The third-order valence-electron chi connectivity index (χ3n) is 3.29. The van der Waals surface area contributed by atoms with Gasteiger partial charge in [0, 0.05) is 11.6 Å². The van der Waals surface area contributed by atoms with E-state index in [0.717, 1.165) is 17.4 Å². The van der Waals surface area contributed by atoms with Crippen LogP contribution in [0.5, 0.6) is 5.75 Å². The van der Waals surface area contributed by atoms with E-state index < -0.39 is 4.92 Å². The van der Waals surface area contributed by atoms with Crippen LogP contribution in [0, 0.1) is 24.0 Å². The van der Waals surface area contributed by atoms with Crippen LogP contribution >= 0.6 is 0 Å². The van der Waals surface area contributed by atoms with Gasteiger partial charge in [-0.2, -0.15) is 0 Å². The highest BCUT2D eigenvalue weighted by Gasteiger charge is 2.13. The topological polar surface area (TPSA) is 69.4 Å². The van der Waals surface area contributed by atoms with Crippen molar-refractivity contribution in [3.8, 4) is 5.75 Å². The molecule has 0 radical (unpaired) electrons. The smallest absolute Gasteiger partial charge is 0.272 e. The van der Waals surface area contributed by atoms with E-state index in [1.807, 2.05) is 13.0 Å². The van der Waals surface area contributed by atoms with Crippen LogP contribution in [0.4, 0.5) is 5.69 Å². The van der Waals surface area contributed by atoms with E-state index in [2.05, 4.69) is 0 Å². The summed E-state index contributed by atoms with van der Waals surface area (Å²) in [5, 5.41) is 10.9. The summed E-state index contributed by atoms with van der Waals surface area (Å²) in [6.07, 6.45) is 0.739. The molecule has 0 aliphatic rings. The molecule has 0 saturated heterocycles. The number of hydrogen-bond acceptors (Lipinski definition) is 4. The molecular formula is C16H15NO4. The third-order valence-corrected chi connectivity index (χ3v) is 3.29. The van der Waals surface area contributed by atoms with Gasteiger partial charge in [0.25, 0.3) is 5.69 Å². The molecule has 0 atom stereocenters. The highest BCUT2D eigenvalue weighted by Crippen LogP contribution is 2.24. The number of nitrogens with zero attached hydrogens (tertiary/aromatic N) is 1. The van der Waals surface area contributed by atoms with E-state index in [1.165, 1.54) is 6.07 Å². The Bertz CT molecular complexity index is 695. The molecule has 21 heavy (non-hydrogen) atoms. The second-order valence-electron chi connectivity index (χ2n) is 4.77. The zero-order chi connectivity index (χ0) is 15.4. The van der Waals surface area contributed by atoms with Gasteiger partial charge in [0.15, 0.2) is 6.29 Å². The van der Waals surface area contributed by atoms with Gasteiger partial charge in [-0.05, 0) is 31.5 Å². The molecule has 0 unspecified atom stereocenters. The first kappa shape index (κ1) is 14.7. The molecule has 5 nitrogen and oxygen atoms in total. The van der Waals surface area contributed by atoms with Gasteiger partial charge in [-0.15, -0.1) is 0 Å². The second kappa shape index (κ2) is 6.17. The number of carbonyl (C=O) groups excluding carboxylic acids is 1. The Labute approximate surface area is 122 Å². The summed E-state index contributed by atoms with van der Waals surface area (Å²) >= 11 is 0. The molecule has 0 fully saturated rings. The van der Waals surface area contributed by atoms with Gasteiger partial charge in [-0.1, -0.05) is 23.8 Å². The summed E-state index contributed by atoms with van der Waals surface area (Å²) in [7, 11) is 0. The maximum absolute atomic E-state index is 11.0. The van der Waals surface area contributed by atoms with Crippen molar-refractivity contribution < 1.29 is 14.5 Å². The lowest BCUT2D eigenvalue weighted by Crippen LogP contribution is -2.02. The van der Waals surface area contributed by atoms with Crippen LogP contribution in [-0.2, 0) is 6.61 Å². The molecule has 2 aromatic carbocycles. The van der Waals surface area contributed by atoms with Gasteiger partial charge in [0.2, 0.25) is 0 Å². The van der Waals surface area contributed by atoms with Gasteiger partial charge in [0.05, 0.1) is 10.5 Å². The van der Waals surface area contributed by atoms with Crippen molar-refractivity contribution in [3.05, 3.63) is 68.8 Å². The monoisotopic (exact) mass is 285 g/mol. The highest BCUT2D eigenvalue weighted by molar-refractivity contribution is 5.79. The van der Waals surface area contributed by atoms with Crippen molar-refractivity contribution in [1.29, 1.82) is 0 Å². The van der Waals surface area contributed by atoms with Crippen LogP contribution in [0.2, 0.25) is 0 Å². The summed E-state index contributed by atoms with van der Waals surface area (Å²) in [5.41, 5.74) is 2.80. The molecule has 0 spiro atoms.